The van der Waals surface area contributed by atoms with Crippen molar-refractivity contribution in [3.8, 4) is 0 Å². The van der Waals surface area contributed by atoms with Crippen molar-refractivity contribution in [3.05, 3.63) is 0 Å². The second-order valence-electron chi connectivity index (χ2n) is 6.94. The van der Waals surface area contributed by atoms with Gasteiger partial charge in [0.2, 0.25) is 5.91 Å². The maximum Gasteiger partial charge on any atom is 0.410 e. The van der Waals surface area contributed by atoms with E-state index in [-0.39, 0.29) is 23.5 Å². The van der Waals surface area contributed by atoms with Gasteiger partial charge in [-0.3, -0.25) is 9.69 Å². The van der Waals surface area contributed by atoms with E-state index in [4.69, 9.17) is 4.74 Å². The molecule has 2 fully saturated rings. The highest BCUT2D eigenvalue weighted by molar-refractivity contribution is 7.91. The van der Waals surface area contributed by atoms with Crippen LogP contribution in [-0.4, -0.2) is 61.1 Å². The normalized spacial score (nSPS) is 27.7. The van der Waals surface area contributed by atoms with Crippen molar-refractivity contribution in [1.82, 2.24) is 10.2 Å². The van der Waals surface area contributed by atoms with Crippen LogP contribution in [0.2, 0.25) is 0 Å². The van der Waals surface area contributed by atoms with E-state index in [0.29, 0.717) is 19.4 Å². The van der Waals surface area contributed by atoms with E-state index in [1.807, 2.05) is 0 Å². The summed E-state index contributed by atoms with van der Waals surface area (Å²) in [5.74, 6) is -0.193. The Balaban J connectivity index is 1.95. The van der Waals surface area contributed by atoms with Crippen molar-refractivity contribution in [3.63, 3.8) is 0 Å². The van der Waals surface area contributed by atoms with Crippen LogP contribution < -0.4 is 5.32 Å². The quantitative estimate of drug-likeness (QED) is 0.803. The first kappa shape index (κ1) is 17.1. The number of nitrogens with zero attached hydrogens (tertiary/aromatic N) is 1. The van der Waals surface area contributed by atoms with Crippen LogP contribution in [0.25, 0.3) is 0 Å². The van der Waals surface area contributed by atoms with Gasteiger partial charge in [0.05, 0.1) is 11.5 Å². The van der Waals surface area contributed by atoms with Crippen LogP contribution in [0.3, 0.4) is 0 Å². The zero-order valence-electron chi connectivity index (χ0n) is 13.3. The Morgan fingerprint density at radius 3 is 2.45 bits per heavy atom. The van der Waals surface area contributed by atoms with Crippen LogP contribution in [-0.2, 0) is 19.4 Å². The van der Waals surface area contributed by atoms with Gasteiger partial charge >= 0.3 is 6.09 Å². The molecule has 7 nitrogen and oxygen atoms in total. The predicted molar refractivity (Wildman–Crippen MR) is 81.2 cm³/mol. The van der Waals surface area contributed by atoms with Gasteiger partial charge in [-0.05, 0) is 40.0 Å². The largest absolute Gasteiger partial charge is 0.444 e. The molecule has 2 unspecified atom stereocenters. The van der Waals surface area contributed by atoms with E-state index in [0.717, 1.165) is 6.42 Å². The maximum absolute atomic E-state index is 12.3. The Hall–Kier alpha value is -1.31. The third-order valence-corrected chi connectivity index (χ3v) is 5.53. The lowest BCUT2D eigenvalue weighted by molar-refractivity contribution is -0.126. The number of carbonyl (C=O) groups excluding carboxylic acids is 2. The Morgan fingerprint density at radius 2 is 1.91 bits per heavy atom. The van der Waals surface area contributed by atoms with Gasteiger partial charge in [-0.2, -0.15) is 0 Å². The molecule has 22 heavy (non-hydrogen) atoms. The molecule has 2 amide bonds. The second kappa shape index (κ2) is 6.06. The van der Waals surface area contributed by atoms with Crippen molar-refractivity contribution < 1.29 is 22.7 Å². The van der Waals surface area contributed by atoms with Crippen molar-refractivity contribution in [2.75, 3.05) is 18.1 Å². The van der Waals surface area contributed by atoms with Crippen LogP contribution in [0.4, 0.5) is 4.79 Å². The first-order chi connectivity index (χ1) is 10.1. The summed E-state index contributed by atoms with van der Waals surface area (Å²) in [5, 5.41) is 2.76. The lowest BCUT2D eigenvalue weighted by Crippen LogP contribution is -2.50. The fourth-order valence-electron chi connectivity index (χ4n) is 2.78. The number of ether oxygens (including phenoxy) is 1. The van der Waals surface area contributed by atoms with E-state index in [9.17, 15) is 18.0 Å². The Kier molecular flexibility index (Phi) is 4.70. The molecule has 2 heterocycles. The summed E-state index contributed by atoms with van der Waals surface area (Å²) < 4.78 is 28.2. The van der Waals surface area contributed by atoms with Crippen LogP contribution in [0.5, 0.6) is 0 Å². The highest BCUT2D eigenvalue weighted by Gasteiger charge is 2.38. The lowest BCUT2D eigenvalue weighted by atomic mass is 10.2. The maximum atomic E-state index is 12.3. The summed E-state index contributed by atoms with van der Waals surface area (Å²) in [6.45, 7) is 5.81. The highest BCUT2D eigenvalue weighted by atomic mass is 32.2. The Labute approximate surface area is 131 Å². The number of hydrogen-bond donors (Lipinski definition) is 1. The third-order valence-electron chi connectivity index (χ3n) is 3.76. The van der Waals surface area contributed by atoms with E-state index in [1.54, 1.807) is 20.8 Å². The van der Waals surface area contributed by atoms with Gasteiger partial charge < -0.3 is 10.1 Å². The summed E-state index contributed by atoms with van der Waals surface area (Å²) in [4.78, 5) is 25.9. The van der Waals surface area contributed by atoms with Crippen molar-refractivity contribution in [2.45, 2.75) is 57.7 Å². The number of likely N-dealkylation sites (tertiary alicyclic amines) is 1. The molecule has 0 saturated carbocycles. The van der Waals surface area contributed by atoms with Crippen LogP contribution in [0.15, 0.2) is 0 Å². The molecule has 126 valence electrons. The molecule has 2 rings (SSSR count). The molecular weight excluding hydrogens is 308 g/mol. The minimum absolute atomic E-state index is 0.0160. The summed E-state index contributed by atoms with van der Waals surface area (Å²) in [6, 6.07) is -0.920. The van der Waals surface area contributed by atoms with Crippen molar-refractivity contribution in [2.24, 2.45) is 0 Å². The van der Waals surface area contributed by atoms with Gasteiger partial charge in [-0.15, -0.1) is 0 Å². The van der Waals surface area contributed by atoms with Gasteiger partial charge in [-0.25, -0.2) is 13.2 Å². The summed E-state index contributed by atoms with van der Waals surface area (Å²) >= 11 is 0. The molecule has 0 aromatic rings. The zero-order chi connectivity index (χ0) is 16.5. The monoisotopic (exact) mass is 332 g/mol. The number of amides is 2. The highest BCUT2D eigenvalue weighted by Crippen LogP contribution is 2.22. The van der Waals surface area contributed by atoms with Crippen LogP contribution in [0.1, 0.15) is 40.0 Å². The van der Waals surface area contributed by atoms with Gasteiger partial charge in [-0.1, -0.05) is 0 Å². The smallest absolute Gasteiger partial charge is 0.410 e. The third kappa shape index (κ3) is 4.34. The zero-order valence-corrected chi connectivity index (χ0v) is 14.1. The Bertz CT molecular complexity index is 552. The Morgan fingerprint density at radius 1 is 1.23 bits per heavy atom. The molecule has 8 heteroatoms. The molecule has 0 aromatic carbocycles. The van der Waals surface area contributed by atoms with Gasteiger partial charge in [0.15, 0.2) is 9.84 Å². The topological polar surface area (TPSA) is 92.8 Å². The summed E-state index contributed by atoms with van der Waals surface area (Å²) in [6.07, 6.45) is 1.25. The fraction of sp³-hybridized carbons (Fsp3) is 0.857. The fourth-order valence-corrected chi connectivity index (χ4v) is 4.46. The van der Waals surface area contributed by atoms with Gasteiger partial charge in [0, 0.05) is 12.6 Å². The van der Waals surface area contributed by atoms with Crippen molar-refractivity contribution >= 4 is 21.8 Å². The number of sulfone groups is 1. The van der Waals surface area contributed by atoms with E-state index in [2.05, 4.69) is 5.32 Å². The van der Waals surface area contributed by atoms with E-state index in [1.165, 1.54) is 4.90 Å². The molecule has 0 bridgehead atoms. The van der Waals surface area contributed by atoms with E-state index < -0.39 is 27.6 Å². The standard InChI is InChI=1S/C14H24N2O5S/c1-14(2,3)21-13(18)16-7-4-5-11(16)12(17)15-10-6-8-22(19,20)9-10/h10-11H,4-9H2,1-3H3,(H,15,17). The molecule has 0 aliphatic carbocycles. The molecule has 0 radical (unpaired) electrons. The molecule has 1 N–H and O–H groups in total. The van der Waals surface area contributed by atoms with Gasteiger partial charge in [0.25, 0.3) is 0 Å². The number of hydrogen-bond acceptors (Lipinski definition) is 5. The molecule has 0 aromatic heterocycles. The minimum atomic E-state index is -3.04. The lowest BCUT2D eigenvalue weighted by Gasteiger charge is -2.28. The number of carbonyl (C=O) groups is 2. The van der Waals surface area contributed by atoms with Gasteiger partial charge in [0.1, 0.15) is 11.6 Å². The van der Waals surface area contributed by atoms with Crippen LogP contribution >= 0.6 is 0 Å². The molecular formula is C14H24N2O5S. The SMILES string of the molecule is CC(C)(C)OC(=O)N1CCCC1C(=O)NC1CCS(=O)(=O)C1. The van der Waals surface area contributed by atoms with Crippen LogP contribution in [0, 0.1) is 0 Å². The number of rotatable bonds is 2. The molecule has 2 saturated heterocycles. The average Bonchev–Trinajstić information content (AvgIpc) is 2.93. The first-order valence-corrected chi connectivity index (χ1v) is 9.40. The molecule has 2 atom stereocenters. The summed E-state index contributed by atoms with van der Waals surface area (Å²) in [7, 11) is -3.04. The molecule has 0 spiro atoms. The number of nitrogens with one attached hydrogen (secondary N) is 1. The minimum Gasteiger partial charge on any atom is -0.444 e. The average molecular weight is 332 g/mol. The van der Waals surface area contributed by atoms with Crippen molar-refractivity contribution in [1.29, 1.82) is 0 Å². The first-order valence-electron chi connectivity index (χ1n) is 7.58. The molecule has 2 aliphatic rings. The van der Waals surface area contributed by atoms with E-state index >= 15 is 0 Å². The predicted octanol–water partition coefficient (Wildman–Crippen LogP) is 0.689. The molecule has 2 aliphatic heterocycles. The summed E-state index contributed by atoms with van der Waals surface area (Å²) in [5.41, 5.74) is -0.611. The second-order valence-corrected chi connectivity index (χ2v) is 9.17.